The van der Waals surface area contributed by atoms with Crippen molar-refractivity contribution in [3.05, 3.63) is 29.8 Å². The van der Waals surface area contributed by atoms with Crippen LogP contribution in [0.5, 0.6) is 0 Å². The lowest BCUT2D eigenvalue weighted by atomic mass is 9.92. The average molecular weight is 255 g/mol. The molecule has 1 spiro atoms. The summed E-state index contributed by atoms with van der Waals surface area (Å²) in [5, 5.41) is 15.1. The molecule has 4 heteroatoms. The third kappa shape index (κ3) is 2.34. The fraction of sp³-hybridized carbons (Fsp3) is 0.467. The van der Waals surface area contributed by atoms with Crippen LogP contribution in [0.15, 0.2) is 24.3 Å². The molecule has 2 aliphatic rings. The van der Waals surface area contributed by atoms with Crippen molar-refractivity contribution in [1.29, 1.82) is 5.26 Å². The Morgan fingerprint density at radius 2 is 2.21 bits per heavy atom. The highest BCUT2D eigenvalue weighted by atomic mass is 16.2. The number of carbonyl (C=O) groups excluding carboxylic acids is 1. The van der Waals surface area contributed by atoms with Crippen LogP contribution in [0, 0.1) is 22.7 Å². The van der Waals surface area contributed by atoms with E-state index in [1.807, 2.05) is 6.07 Å². The maximum Gasteiger partial charge on any atom is 0.228 e. The number of nitriles is 1. The number of benzene rings is 1. The van der Waals surface area contributed by atoms with Crippen LogP contribution in [0.25, 0.3) is 0 Å². The number of hydrogen-bond acceptors (Lipinski definition) is 3. The summed E-state index contributed by atoms with van der Waals surface area (Å²) in [5.74, 6) is 0.261. The lowest BCUT2D eigenvalue weighted by molar-refractivity contribution is -0.118. The second-order valence-corrected chi connectivity index (χ2v) is 5.55. The summed E-state index contributed by atoms with van der Waals surface area (Å²) in [6, 6.07) is 9.16. The molecule has 1 saturated heterocycles. The van der Waals surface area contributed by atoms with Crippen molar-refractivity contribution in [3.63, 3.8) is 0 Å². The van der Waals surface area contributed by atoms with Gasteiger partial charge in [-0.3, -0.25) is 4.79 Å². The molecule has 1 aliphatic heterocycles. The van der Waals surface area contributed by atoms with Gasteiger partial charge in [-0.05, 0) is 56.0 Å². The zero-order valence-electron chi connectivity index (χ0n) is 10.8. The second kappa shape index (κ2) is 4.67. The minimum Gasteiger partial charge on any atom is -0.326 e. The van der Waals surface area contributed by atoms with Crippen LogP contribution < -0.4 is 10.6 Å². The Balaban J connectivity index is 1.65. The van der Waals surface area contributed by atoms with E-state index in [-0.39, 0.29) is 17.2 Å². The largest absolute Gasteiger partial charge is 0.326 e. The molecule has 1 aromatic rings. The van der Waals surface area contributed by atoms with E-state index in [4.69, 9.17) is 5.26 Å². The van der Waals surface area contributed by atoms with Crippen LogP contribution in [0.4, 0.5) is 5.69 Å². The molecular weight excluding hydrogens is 238 g/mol. The van der Waals surface area contributed by atoms with Crippen LogP contribution in [0.3, 0.4) is 0 Å². The zero-order chi connectivity index (χ0) is 13.3. The number of nitrogens with one attached hydrogen (secondary N) is 2. The average Bonchev–Trinajstić information content (AvgIpc) is 3.13. The molecule has 0 aromatic heterocycles. The molecule has 1 aromatic carbocycles. The lowest BCUT2D eigenvalue weighted by Crippen LogP contribution is -2.31. The van der Waals surface area contributed by atoms with E-state index in [0.29, 0.717) is 5.56 Å². The summed E-state index contributed by atoms with van der Waals surface area (Å²) in [7, 11) is 0. The van der Waals surface area contributed by atoms with Gasteiger partial charge in [0.1, 0.15) is 0 Å². The summed E-state index contributed by atoms with van der Waals surface area (Å²) in [4.78, 5) is 12.2. The number of piperidine rings is 1. The van der Waals surface area contributed by atoms with E-state index < -0.39 is 0 Å². The third-order valence-electron chi connectivity index (χ3n) is 4.36. The smallest absolute Gasteiger partial charge is 0.228 e. The number of anilines is 1. The molecule has 2 fully saturated rings. The normalized spacial score (nSPS) is 23.6. The Morgan fingerprint density at radius 1 is 1.42 bits per heavy atom. The van der Waals surface area contributed by atoms with E-state index in [9.17, 15) is 4.79 Å². The highest BCUT2D eigenvalue weighted by Gasteiger charge is 2.57. The first-order valence-corrected chi connectivity index (χ1v) is 6.75. The van der Waals surface area contributed by atoms with Gasteiger partial charge in [0.15, 0.2) is 0 Å². The molecule has 0 bridgehead atoms. The highest BCUT2D eigenvalue weighted by molar-refractivity contribution is 5.95. The molecule has 1 saturated carbocycles. The number of nitrogens with zero attached hydrogens (tertiary/aromatic N) is 1. The van der Waals surface area contributed by atoms with Gasteiger partial charge in [0.05, 0.1) is 11.6 Å². The summed E-state index contributed by atoms with van der Waals surface area (Å²) < 4.78 is 0. The van der Waals surface area contributed by atoms with E-state index in [1.165, 1.54) is 0 Å². The Bertz CT molecular complexity index is 541. The molecule has 1 amide bonds. The van der Waals surface area contributed by atoms with Crippen molar-refractivity contribution in [2.75, 3.05) is 18.4 Å². The molecule has 4 nitrogen and oxygen atoms in total. The predicted octanol–water partition coefficient (Wildman–Crippen LogP) is 1.89. The van der Waals surface area contributed by atoms with Gasteiger partial charge >= 0.3 is 0 Å². The van der Waals surface area contributed by atoms with E-state index in [2.05, 4.69) is 16.7 Å². The van der Waals surface area contributed by atoms with E-state index in [1.54, 1.807) is 18.2 Å². The molecule has 0 radical (unpaired) electrons. The predicted molar refractivity (Wildman–Crippen MR) is 72.4 cm³/mol. The Morgan fingerprint density at radius 3 is 2.95 bits per heavy atom. The van der Waals surface area contributed by atoms with Crippen molar-refractivity contribution in [3.8, 4) is 6.07 Å². The first-order chi connectivity index (χ1) is 9.23. The van der Waals surface area contributed by atoms with Crippen molar-refractivity contribution in [2.45, 2.75) is 19.3 Å². The van der Waals surface area contributed by atoms with Gasteiger partial charge in [0.2, 0.25) is 5.91 Å². The molecule has 19 heavy (non-hydrogen) atoms. The number of rotatable bonds is 2. The molecule has 1 heterocycles. The van der Waals surface area contributed by atoms with Crippen LogP contribution in [-0.2, 0) is 4.79 Å². The Kier molecular flexibility index (Phi) is 3.00. The summed E-state index contributed by atoms with van der Waals surface area (Å²) in [5.41, 5.74) is 1.55. The zero-order valence-corrected chi connectivity index (χ0v) is 10.8. The quantitative estimate of drug-likeness (QED) is 0.848. The molecule has 1 atom stereocenters. The van der Waals surface area contributed by atoms with Gasteiger partial charge in [-0.2, -0.15) is 5.26 Å². The lowest BCUT2D eigenvalue weighted by Gasteiger charge is -2.23. The third-order valence-corrected chi connectivity index (χ3v) is 4.36. The monoisotopic (exact) mass is 255 g/mol. The number of hydrogen-bond donors (Lipinski definition) is 2. The Labute approximate surface area is 112 Å². The topological polar surface area (TPSA) is 64.9 Å². The minimum absolute atomic E-state index is 0.108. The molecular formula is C15H17N3O. The molecule has 1 aliphatic carbocycles. The SMILES string of the molecule is N#Cc1cccc(NC(=O)C2CC23CCNCC3)c1. The number of carbonyl (C=O) groups is 1. The second-order valence-electron chi connectivity index (χ2n) is 5.55. The van der Waals surface area contributed by atoms with E-state index in [0.717, 1.165) is 38.0 Å². The Hall–Kier alpha value is -1.86. The maximum atomic E-state index is 12.2. The maximum absolute atomic E-state index is 12.2. The minimum atomic E-state index is 0.108. The van der Waals surface area contributed by atoms with Crippen LogP contribution in [-0.4, -0.2) is 19.0 Å². The summed E-state index contributed by atoms with van der Waals surface area (Å²) >= 11 is 0. The standard InChI is InChI=1S/C15H17N3O/c16-10-11-2-1-3-12(8-11)18-14(19)13-9-15(13)4-6-17-7-5-15/h1-3,8,13,17H,4-7,9H2,(H,18,19). The van der Waals surface area contributed by atoms with Crippen LogP contribution in [0.2, 0.25) is 0 Å². The highest BCUT2D eigenvalue weighted by Crippen LogP contribution is 2.58. The molecule has 3 rings (SSSR count). The van der Waals surface area contributed by atoms with Gasteiger partial charge < -0.3 is 10.6 Å². The first kappa shape index (κ1) is 12.2. The molecule has 98 valence electrons. The van der Waals surface area contributed by atoms with Gasteiger partial charge in [-0.25, -0.2) is 0 Å². The summed E-state index contributed by atoms with van der Waals surface area (Å²) in [6.07, 6.45) is 3.21. The van der Waals surface area contributed by atoms with Gasteiger partial charge in [-0.15, -0.1) is 0 Å². The van der Waals surface area contributed by atoms with Crippen molar-refractivity contribution >= 4 is 11.6 Å². The van der Waals surface area contributed by atoms with Gasteiger partial charge in [-0.1, -0.05) is 6.07 Å². The first-order valence-electron chi connectivity index (χ1n) is 6.75. The van der Waals surface area contributed by atoms with Gasteiger partial charge in [0, 0.05) is 11.6 Å². The van der Waals surface area contributed by atoms with E-state index >= 15 is 0 Å². The van der Waals surface area contributed by atoms with Crippen molar-refractivity contribution in [2.24, 2.45) is 11.3 Å². The fourth-order valence-corrected chi connectivity index (χ4v) is 3.09. The van der Waals surface area contributed by atoms with Crippen LogP contribution >= 0.6 is 0 Å². The molecule has 2 N–H and O–H groups in total. The van der Waals surface area contributed by atoms with Crippen molar-refractivity contribution < 1.29 is 4.79 Å². The van der Waals surface area contributed by atoms with Crippen LogP contribution in [0.1, 0.15) is 24.8 Å². The van der Waals surface area contributed by atoms with Crippen molar-refractivity contribution in [1.82, 2.24) is 5.32 Å². The van der Waals surface area contributed by atoms with Gasteiger partial charge in [0.25, 0.3) is 0 Å². The molecule has 1 unspecified atom stereocenters. The fourth-order valence-electron chi connectivity index (χ4n) is 3.09. The summed E-state index contributed by atoms with van der Waals surface area (Å²) in [6.45, 7) is 2.04. The number of amides is 1.